The van der Waals surface area contributed by atoms with Gasteiger partial charge in [-0.2, -0.15) is 23.1 Å². The summed E-state index contributed by atoms with van der Waals surface area (Å²) in [7, 11) is 2.05. The maximum Gasteiger partial charge on any atom is 0.418 e. The van der Waals surface area contributed by atoms with Gasteiger partial charge in [0.15, 0.2) is 0 Å². The van der Waals surface area contributed by atoms with Crippen LogP contribution < -0.4 is 14.5 Å². The lowest BCUT2D eigenvalue weighted by atomic mass is 10.0. The molecule has 1 amide bonds. The summed E-state index contributed by atoms with van der Waals surface area (Å²) in [6.45, 7) is 16.1. The minimum absolute atomic E-state index is 0.0996. The average molecular weight is 616 g/mol. The first kappa shape index (κ1) is 31.6. The van der Waals surface area contributed by atoms with Crippen molar-refractivity contribution >= 4 is 17.6 Å². The Bertz CT molecular complexity index is 1390. The van der Waals surface area contributed by atoms with E-state index in [1.165, 1.54) is 12.1 Å². The van der Waals surface area contributed by atoms with Crippen LogP contribution in [0.3, 0.4) is 0 Å². The van der Waals surface area contributed by atoms with Gasteiger partial charge in [-0.05, 0) is 65.8 Å². The van der Waals surface area contributed by atoms with Crippen LogP contribution in [0, 0.1) is 6.57 Å². The van der Waals surface area contributed by atoms with Crippen molar-refractivity contribution in [1.82, 2.24) is 19.8 Å². The Kier molecular flexibility index (Phi) is 9.11. The lowest BCUT2D eigenvalue weighted by Crippen LogP contribution is -2.57. The van der Waals surface area contributed by atoms with Gasteiger partial charge >= 0.3 is 18.3 Å². The summed E-state index contributed by atoms with van der Waals surface area (Å²) < 4.78 is 53.4. The Morgan fingerprint density at radius 2 is 1.84 bits per heavy atom. The SMILES string of the molecule is [C-]#[N+]CC1CN(c2nc(OC[C@H]3CCCN3C)nc3c2CCN(c2ccccc2C(F)(F)F)C3)CCN1C(=O)OC(C)(C)C. The Morgan fingerprint density at radius 3 is 2.52 bits per heavy atom. The van der Waals surface area contributed by atoms with Crippen molar-refractivity contribution in [3.8, 4) is 6.01 Å². The van der Waals surface area contributed by atoms with E-state index in [2.05, 4.69) is 16.8 Å². The van der Waals surface area contributed by atoms with E-state index in [0.717, 1.165) is 31.0 Å². The average Bonchev–Trinajstić information content (AvgIpc) is 3.38. The van der Waals surface area contributed by atoms with E-state index in [9.17, 15) is 18.0 Å². The molecule has 0 aliphatic carbocycles. The fourth-order valence-corrected chi connectivity index (χ4v) is 6.14. The Hall–Kier alpha value is -3.79. The first-order valence-corrected chi connectivity index (χ1v) is 15.1. The van der Waals surface area contributed by atoms with Crippen LogP contribution in [0.25, 0.3) is 4.85 Å². The smallest absolute Gasteiger partial charge is 0.418 e. The van der Waals surface area contributed by atoms with Crippen molar-refractivity contribution in [2.24, 2.45) is 0 Å². The Labute approximate surface area is 256 Å². The monoisotopic (exact) mass is 615 g/mol. The molecular formula is C31H40F3N7O3. The van der Waals surface area contributed by atoms with Crippen LogP contribution in [0.2, 0.25) is 0 Å². The fraction of sp³-hybridized carbons (Fsp3) is 0.613. The van der Waals surface area contributed by atoms with Crippen LogP contribution >= 0.6 is 0 Å². The standard InChI is InChI=1S/C31H40F3N7O3/c1-30(2,3)44-29(42)41-16-15-40(18-22(41)17-35-4)27-23-12-14-39(26-11-7-6-10-24(26)31(32,33)34)19-25(23)36-28(37-27)43-20-21-9-8-13-38(21)5/h6-7,10-11,21-22H,8-9,12-20H2,1-3,5H3/t21-,22?/m1/s1. The van der Waals surface area contributed by atoms with Gasteiger partial charge in [0.25, 0.3) is 0 Å². The summed E-state index contributed by atoms with van der Waals surface area (Å²) in [5.74, 6) is 0.646. The van der Waals surface area contributed by atoms with Crippen LogP contribution in [0.15, 0.2) is 24.3 Å². The second kappa shape index (κ2) is 12.7. The van der Waals surface area contributed by atoms with Crippen LogP contribution in [0.5, 0.6) is 6.01 Å². The van der Waals surface area contributed by atoms with Crippen molar-refractivity contribution in [3.63, 3.8) is 0 Å². The molecule has 1 aromatic heterocycles. The number of anilines is 2. The number of carbonyl (C=O) groups excluding carboxylic acids is 1. The zero-order valence-corrected chi connectivity index (χ0v) is 25.7. The summed E-state index contributed by atoms with van der Waals surface area (Å²) >= 11 is 0. The van der Waals surface area contributed by atoms with Gasteiger partial charge in [-0.1, -0.05) is 12.1 Å². The minimum Gasteiger partial charge on any atom is -0.462 e. The van der Waals surface area contributed by atoms with Gasteiger partial charge in [0.1, 0.15) is 24.1 Å². The Morgan fingerprint density at radius 1 is 1.07 bits per heavy atom. The van der Waals surface area contributed by atoms with E-state index < -0.39 is 29.5 Å². The van der Waals surface area contributed by atoms with Crippen LogP contribution in [0.4, 0.5) is 29.5 Å². The van der Waals surface area contributed by atoms with Crippen LogP contribution in [-0.4, -0.2) is 96.5 Å². The maximum atomic E-state index is 13.9. The van der Waals surface area contributed by atoms with Gasteiger partial charge in [0.05, 0.1) is 17.8 Å². The predicted octanol–water partition coefficient (Wildman–Crippen LogP) is 4.88. The molecule has 3 aliphatic rings. The number of piperazine rings is 1. The molecule has 0 spiro atoms. The largest absolute Gasteiger partial charge is 0.462 e. The zero-order chi connectivity index (χ0) is 31.6. The van der Waals surface area contributed by atoms with Crippen molar-refractivity contribution in [3.05, 3.63) is 52.5 Å². The fourth-order valence-electron chi connectivity index (χ4n) is 6.14. The van der Waals surface area contributed by atoms with E-state index in [4.69, 9.17) is 26.0 Å². The molecular weight excluding hydrogens is 575 g/mol. The van der Waals surface area contributed by atoms with E-state index in [-0.39, 0.29) is 30.8 Å². The van der Waals surface area contributed by atoms with E-state index in [1.807, 2.05) is 4.90 Å². The van der Waals surface area contributed by atoms with E-state index in [0.29, 0.717) is 50.7 Å². The molecule has 0 bridgehead atoms. The van der Waals surface area contributed by atoms with E-state index >= 15 is 0 Å². The molecule has 1 unspecified atom stereocenters. The predicted molar refractivity (Wildman–Crippen MR) is 160 cm³/mol. The molecule has 3 aliphatic heterocycles. The van der Waals surface area contributed by atoms with Crippen molar-refractivity contribution in [1.29, 1.82) is 0 Å². The number of benzene rings is 1. The third-order valence-corrected chi connectivity index (χ3v) is 8.36. The number of aromatic nitrogens is 2. The molecule has 44 heavy (non-hydrogen) atoms. The van der Waals surface area contributed by atoms with Crippen LogP contribution in [0.1, 0.15) is 50.4 Å². The quantitative estimate of drug-likeness (QED) is 0.426. The van der Waals surface area contributed by atoms with Gasteiger partial charge in [-0.3, -0.25) is 4.90 Å². The summed E-state index contributed by atoms with van der Waals surface area (Å²) in [4.78, 5) is 33.7. The number of ether oxygens (including phenoxy) is 2. The third-order valence-electron chi connectivity index (χ3n) is 8.36. The lowest BCUT2D eigenvalue weighted by molar-refractivity contribution is -0.137. The normalized spacial score (nSPS) is 21.2. The van der Waals surface area contributed by atoms with Gasteiger partial charge in [0.2, 0.25) is 6.54 Å². The molecule has 13 heteroatoms. The topological polar surface area (TPSA) is 78.6 Å². The van der Waals surface area contributed by atoms with Crippen molar-refractivity contribution in [2.45, 2.75) is 70.4 Å². The molecule has 0 saturated carbocycles. The second-order valence-corrected chi connectivity index (χ2v) is 12.6. The molecule has 4 heterocycles. The molecule has 1 aromatic carbocycles. The number of hydrogen-bond donors (Lipinski definition) is 0. The summed E-state index contributed by atoms with van der Waals surface area (Å²) in [5.41, 5.74) is 0.231. The molecule has 2 fully saturated rings. The minimum atomic E-state index is -4.49. The Balaban J connectivity index is 1.45. The summed E-state index contributed by atoms with van der Waals surface area (Å²) in [6.07, 6.45) is -2.43. The summed E-state index contributed by atoms with van der Waals surface area (Å²) in [6, 6.07) is 5.60. The highest BCUT2D eigenvalue weighted by Gasteiger charge is 2.39. The van der Waals surface area contributed by atoms with Gasteiger partial charge in [0, 0.05) is 43.5 Å². The number of halogens is 3. The number of carbonyl (C=O) groups is 1. The molecule has 2 atom stereocenters. The lowest BCUT2D eigenvalue weighted by Gasteiger charge is -2.41. The number of hydrogen-bond acceptors (Lipinski definition) is 8. The van der Waals surface area contributed by atoms with Gasteiger partial charge < -0.3 is 29.0 Å². The molecule has 238 valence electrons. The number of rotatable bonds is 6. The van der Waals surface area contributed by atoms with Gasteiger partial charge in [-0.15, -0.1) is 0 Å². The number of likely N-dealkylation sites (tertiary alicyclic amines) is 1. The number of fused-ring (bicyclic) bond motifs is 1. The number of para-hydroxylation sites is 1. The van der Waals surface area contributed by atoms with Crippen LogP contribution in [-0.2, 0) is 23.9 Å². The molecule has 2 saturated heterocycles. The highest BCUT2D eigenvalue weighted by Crippen LogP contribution is 2.39. The first-order chi connectivity index (χ1) is 20.8. The third kappa shape index (κ3) is 7.12. The first-order valence-electron chi connectivity index (χ1n) is 15.1. The van der Waals surface area contributed by atoms with Crippen molar-refractivity contribution < 1.29 is 27.4 Å². The molecule has 2 aromatic rings. The van der Waals surface area contributed by atoms with E-state index in [1.54, 1.807) is 36.6 Å². The zero-order valence-electron chi connectivity index (χ0n) is 25.7. The highest BCUT2D eigenvalue weighted by atomic mass is 19.4. The number of nitrogens with zero attached hydrogens (tertiary/aromatic N) is 7. The molecule has 10 nitrogen and oxygen atoms in total. The summed E-state index contributed by atoms with van der Waals surface area (Å²) in [5, 5.41) is 0. The number of alkyl halides is 3. The van der Waals surface area contributed by atoms with Gasteiger partial charge in [-0.25, -0.2) is 11.4 Å². The molecule has 0 radical (unpaired) electrons. The second-order valence-electron chi connectivity index (χ2n) is 12.6. The number of likely N-dealkylation sites (N-methyl/N-ethyl adjacent to an activating group) is 1. The highest BCUT2D eigenvalue weighted by molar-refractivity contribution is 5.69. The number of amides is 1. The maximum absolute atomic E-state index is 13.9. The molecule has 0 N–H and O–H groups in total. The molecule has 5 rings (SSSR count). The van der Waals surface area contributed by atoms with Crippen molar-refractivity contribution in [2.75, 3.05) is 62.7 Å².